The molecule has 342 valence electrons. The van der Waals surface area contributed by atoms with Crippen molar-refractivity contribution in [3.05, 3.63) is 109 Å². The summed E-state index contributed by atoms with van der Waals surface area (Å²) in [5, 5.41) is 8.89. The third kappa shape index (κ3) is 35.4. The van der Waals surface area contributed by atoms with E-state index >= 15 is 0 Å². The third-order valence-electron chi connectivity index (χ3n) is 8.92. The molecular formula is C48H74NO11P. The van der Waals surface area contributed by atoms with Crippen LogP contribution >= 0.6 is 7.82 Å². The van der Waals surface area contributed by atoms with E-state index in [0.29, 0.717) is 37.9 Å². The number of carbonyl (C=O) groups excluding carboxylic acids is 2. The van der Waals surface area contributed by atoms with Gasteiger partial charge in [0.2, 0.25) is 0 Å². The molecular weight excluding hydrogens is 797 g/mol. The lowest BCUT2D eigenvalue weighted by Gasteiger charge is -2.20. The minimum Gasteiger partial charge on any atom is -0.480 e. The molecule has 0 aromatic carbocycles. The SMILES string of the molecule is CC/C=C\CC1OC1C/C=C\C/C=C\C/C=C\C/C=C\CCC(=O)O[C@H](COC(=O)CCC/C=C\C/C=C\C/C=C\C/C=C\CCCCC)COP(=O)(O)OC[C@H](N)C(=O)O. The van der Waals surface area contributed by atoms with Crippen LogP contribution in [0.2, 0.25) is 0 Å². The van der Waals surface area contributed by atoms with Crippen molar-refractivity contribution in [1.82, 2.24) is 0 Å². The Morgan fingerprint density at radius 2 is 1.08 bits per heavy atom. The molecule has 1 aliphatic heterocycles. The second-order valence-electron chi connectivity index (χ2n) is 14.5. The van der Waals surface area contributed by atoms with Gasteiger partial charge in [-0.15, -0.1) is 0 Å². The van der Waals surface area contributed by atoms with Crippen molar-refractivity contribution in [3.8, 4) is 0 Å². The van der Waals surface area contributed by atoms with Crippen molar-refractivity contribution < 1.29 is 52.2 Å². The molecule has 0 radical (unpaired) electrons. The third-order valence-corrected chi connectivity index (χ3v) is 9.87. The Morgan fingerprint density at radius 3 is 1.61 bits per heavy atom. The second kappa shape index (κ2) is 37.8. The predicted molar refractivity (Wildman–Crippen MR) is 244 cm³/mol. The summed E-state index contributed by atoms with van der Waals surface area (Å²) in [5.74, 6) is -2.58. The molecule has 1 fully saturated rings. The van der Waals surface area contributed by atoms with Crippen LogP contribution < -0.4 is 5.73 Å². The van der Waals surface area contributed by atoms with Gasteiger partial charge in [-0.3, -0.25) is 23.4 Å². The monoisotopic (exact) mass is 871 g/mol. The standard InChI is InChI=1S/C48H74NO11P/c1-3-5-7-8-9-10-11-12-13-14-15-16-20-23-26-29-33-37-46(50)56-39-42(40-57-61(54,55)58-41-43(49)48(52)53)59-47(51)38-34-30-27-24-21-18-17-19-22-25-28-32-36-45-44(60-45)35-31-6-4-2/h6,9-10,12-13,15-16,18-19,21-23,26-28,30-32,42-45H,3-5,7-8,11,14,17,20,24-25,29,33-41,49H2,1-2H3,(H,52,53)(H,54,55)/b10-9-,13-12-,16-15-,21-18-,22-19-,26-23-,30-27-,31-6-,32-28-/t42-,43+,44?,45?/m1/s1. The smallest absolute Gasteiger partial charge is 0.472 e. The number of esters is 2. The lowest BCUT2D eigenvalue weighted by molar-refractivity contribution is -0.161. The fourth-order valence-corrected chi connectivity index (χ4v) is 6.14. The number of hydrogen-bond acceptors (Lipinski definition) is 10. The number of phosphoric acid groups is 1. The highest BCUT2D eigenvalue weighted by molar-refractivity contribution is 7.47. The Labute approximate surface area is 365 Å². The summed E-state index contributed by atoms with van der Waals surface area (Å²) >= 11 is 0. The second-order valence-corrected chi connectivity index (χ2v) is 15.9. The zero-order chi connectivity index (χ0) is 44.7. The largest absolute Gasteiger partial charge is 0.480 e. The van der Waals surface area contributed by atoms with E-state index in [-0.39, 0.29) is 12.8 Å². The van der Waals surface area contributed by atoms with Gasteiger partial charge >= 0.3 is 25.7 Å². The van der Waals surface area contributed by atoms with E-state index < -0.39 is 57.7 Å². The van der Waals surface area contributed by atoms with Crippen LogP contribution in [0, 0.1) is 0 Å². The van der Waals surface area contributed by atoms with Crippen LogP contribution in [0.15, 0.2) is 109 Å². The molecule has 13 heteroatoms. The van der Waals surface area contributed by atoms with E-state index in [4.69, 9.17) is 29.6 Å². The van der Waals surface area contributed by atoms with Crippen LogP contribution in [0.4, 0.5) is 0 Å². The zero-order valence-corrected chi connectivity index (χ0v) is 37.5. The summed E-state index contributed by atoms with van der Waals surface area (Å²) in [6.45, 7) is 2.50. The van der Waals surface area contributed by atoms with Gasteiger partial charge in [-0.2, -0.15) is 0 Å². The van der Waals surface area contributed by atoms with E-state index in [0.717, 1.165) is 57.8 Å². The van der Waals surface area contributed by atoms with Crippen LogP contribution in [-0.4, -0.2) is 72.1 Å². The molecule has 1 heterocycles. The molecule has 1 saturated heterocycles. The van der Waals surface area contributed by atoms with Gasteiger partial charge < -0.3 is 29.9 Å². The Morgan fingerprint density at radius 1 is 0.607 bits per heavy atom. The number of allylic oxidation sites excluding steroid dienone is 16. The van der Waals surface area contributed by atoms with Crippen molar-refractivity contribution in [1.29, 1.82) is 0 Å². The molecule has 61 heavy (non-hydrogen) atoms. The quantitative estimate of drug-likeness (QED) is 0.0176. The van der Waals surface area contributed by atoms with Crippen molar-refractivity contribution in [2.75, 3.05) is 19.8 Å². The number of phosphoric ester groups is 1. The average Bonchev–Trinajstić information content (AvgIpc) is 3.99. The minimum atomic E-state index is -4.76. The molecule has 12 nitrogen and oxygen atoms in total. The van der Waals surface area contributed by atoms with Crippen LogP contribution in [0.1, 0.15) is 129 Å². The van der Waals surface area contributed by atoms with Crippen molar-refractivity contribution >= 4 is 25.7 Å². The Bertz CT molecular complexity index is 1510. The normalized spacial score (nSPS) is 18.0. The summed E-state index contributed by atoms with van der Waals surface area (Å²) in [7, 11) is -4.76. The highest BCUT2D eigenvalue weighted by Crippen LogP contribution is 2.43. The Balaban J connectivity index is 2.38. The highest BCUT2D eigenvalue weighted by Gasteiger charge is 2.36. The Kier molecular flexibility index (Phi) is 34.2. The maximum atomic E-state index is 12.6. The molecule has 0 saturated carbocycles. The molecule has 1 aliphatic rings. The van der Waals surface area contributed by atoms with Gasteiger partial charge in [0.05, 0.1) is 25.4 Å². The number of nitrogens with two attached hydrogens (primary N) is 1. The molecule has 0 aliphatic carbocycles. The number of rotatable bonds is 38. The summed E-state index contributed by atoms with van der Waals surface area (Å²) < 4.78 is 38.2. The molecule has 3 unspecified atom stereocenters. The molecule has 5 atom stereocenters. The number of epoxide rings is 1. The molecule has 0 aromatic heterocycles. The average molecular weight is 872 g/mol. The van der Waals surface area contributed by atoms with Crippen molar-refractivity contribution in [2.45, 2.75) is 154 Å². The lowest BCUT2D eigenvalue weighted by atomic mass is 10.1. The fourth-order valence-electron chi connectivity index (χ4n) is 5.36. The first-order chi connectivity index (χ1) is 29.6. The number of aliphatic carboxylic acids is 1. The first-order valence-electron chi connectivity index (χ1n) is 22.0. The van der Waals surface area contributed by atoms with E-state index in [2.05, 4.69) is 97.4 Å². The summed E-state index contributed by atoms with van der Waals surface area (Å²) in [4.78, 5) is 45.9. The molecule has 4 N–H and O–H groups in total. The van der Waals surface area contributed by atoms with Gasteiger partial charge in [0.25, 0.3) is 0 Å². The van der Waals surface area contributed by atoms with Crippen LogP contribution in [0.5, 0.6) is 0 Å². The van der Waals surface area contributed by atoms with Gasteiger partial charge in [0.15, 0.2) is 6.10 Å². The molecule has 0 bridgehead atoms. The van der Waals surface area contributed by atoms with Gasteiger partial charge in [-0.25, -0.2) is 4.57 Å². The molecule has 1 rings (SSSR count). The van der Waals surface area contributed by atoms with Crippen LogP contribution in [0.25, 0.3) is 0 Å². The Hall–Kier alpha value is -3.90. The first-order valence-corrected chi connectivity index (χ1v) is 23.5. The van der Waals surface area contributed by atoms with E-state index in [1.807, 2.05) is 30.4 Å². The first kappa shape index (κ1) is 55.1. The van der Waals surface area contributed by atoms with Crippen molar-refractivity contribution in [2.24, 2.45) is 5.73 Å². The number of unbranched alkanes of at least 4 members (excludes halogenated alkanes) is 4. The number of hydrogen-bond donors (Lipinski definition) is 3. The maximum Gasteiger partial charge on any atom is 0.472 e. The molecule has 0 spiro atoms. The highest BCUT2D eigenvalue weighted by atomic mass is 31.2. The number of carbonyl (C=O) groups is 3. The number of carboxylic acids is 1. The van der Waals surface area contributed by atoms with Gasteiger partial charge in [-0.1, -0.05) is 136 Å². The fraction of sp³-hybridized carbons (Fsp3) is 0.562. The van der Waals surface area contributed by atoms with Crippen LogP contribution in [-0.2, 0) is 42.2 Å². The maximum absolute atomic E-state index is 12.6. The summed E-state index contributed by atoms with van der Waals surface area (Å²) in [6, 6.07) is -1.55. The zero-order valence-electron chi connectivity index (χ0n) is 36.6. The van der Waals surface area contributed by atoms with E-state index in [1.165, 1.54) is 19.3 Å². The summed E-state index contributed by atoms with van der Waals surface area (Å²) in [6.07, 6.45) is 52.1. The topological polar surface area (TPSA) is 184 Å². The predicted octanol–water partition coefficient (Wildman–Crippen LogP) is 10.8. The molecule has 0 amide bonds. The number of carboxylic acid groups (broad SMARTS) is 1. The lowest BCUT2D eigenvalue weighted by Crippen LogP contribution is -2.34. The van der Waals surface area contributed by atoms with Crippen LogP contribution in [0.3, 0.4) is 0 Å². The number of ether oxygens (including phenoxy) is 3. The molecule has 0 aromatic rings. The van der Waals surface area contributed by atoms with Gasteiger partial charge in [0.1, 0.15) is 12.6 Å². The van der Waals surface area contributed by atoms with Gasteiger partial charge in [0, 0.05) is 12.8 Å². The summed E-state index contributed by atoms with van der Waals surface area (Å²) in [5.41, 5.74) is 5.32. The van der Waals surface area contributed by atoms with Crippen molar-refractivity contribution in [3.63, 3.8) is 0 Å². The van der Waals surface area contributed by atoms with E-state index in [9.17, 15) is 23.8 Å². The minimum absolute atomic E-state index is 0.0141. The van der Waals surface area contributed by atoms with E-state index in [1.54, 1.807) is 0 Å². The van der Waals surface area contributed by atoms with Gasteiger partial charge in [-0.05, 0) is 89.9 Å².